The van der Waals surface area contributed by atoms with E-state index in [4.69, 9.17) is 4.42 Å². The standard InChI is InChI=1S/C10H9IN2O5/c11-3-1-2-5-4-6(14)18-9-7(5)8(15)12-10(16)13(9)17/h4,17H,1-3H2,(H,12,15,16). The molecule has 2 N–H and O–H groups in total. The number of nitrogens with zero attached hydrogens (tertiary/aromatic N) is 1. The first-order chi connectivity index (χ1) is 8.54. The molecule has 0 aromatic carbocycles. The molecule has 2 aromatic rings. The fourth-order valence-electron chi connectivity index (χ4n) is 1.68. The van der Waals surface area contributed by atoms with Crippen LogP contribution in [0.2, 0.25) is 0 Å². The van der Waals surface area contributed by atoms with Crippen LogP contribution in [-0.2, 0) is 6.42 Å². The predicted octanol–water partition coefficient (Wildman–Crippen LogP) is 0.248. The van der Waals surface area contributed by atoms with Gasteiger partial charge in [-0.25, -0.2) is 9.59 Å². The van der Waals surface area contributed by atoms with Crippen molar-refractivity contribution in [1.82, 2.24) is 9.71 Å². The summed E-state index contributed by atoms with van der Waals surface area (Å²) in [5.41, 5.74) is -2.38. The smallest absolute Gasteiger partial charge is 0.364 e. The monoisotopic (exact) mass is 364 g/mol. The van der Waals surface area contributed by atoms with Gasteiger partial charge in [0, 0.05) is 6.07 Å². The third kappa shape index (κ3) is 2.19. The summed E-state index contributed by atoms with van der Waals surface area (Å²) in [5, 5.41) is 9.49. The molecule has 0 atom stereocenters. The Kier molecular flexibility index (Phi) is 3.55. The Morgan fingerprint density at radius 3 is 2.78 bits per heavy atom. The summed E-state index contributed by atoms with van der Waals surface area (Å²) in [6.45, 7) is 0. The molecular formula is C10H9IN2O5. The molecular weight excluding hydrogens is 355 g/mol. The minimum atomic E-state index is -1.04. The van der Waals surface area contributed by atoms with Gasteiger partial charge in [-0.15, -0.1) is 0 Å². The number of alkyl halides is 1. The van der Waals surface area contributed by atoms with Crippen molar-refractivity contribution in [3.63, 3.8) is 0 Å². The predicted molar refractivity (Wildman–Crippen MR) is 71.8 cm³/mol. The van der Waals surface area contributed by atoms with E-state index in [9.17, 15) is 19.6 Å². The Balaban J connectivity index is 2.87. The average Bonchev–Trinajstić information content (AvgIpc) is 2.32. The Morgan fingerprint density at radius 2 is 2.11 bits per heavy atom. The molecule has 0 radical (unpaired) electrons. The number of nitrogens with one attached hydrogen (secondary N) is 1. The van der Waals surface area contributed by atoms with E-state index in [1.807, 2.05) is 4.98 Å². The van der Waals surface area contributed by atoms with Gasteiger partial charge in [-0.3, -0.25) is 9.78 Å². The Labute approximate surface area is 113 Å². The number of rotatable bonds is 3. The van der Waals surface area contributed by atoms with Crippen LogP contribution in [0.15, 0.2) is 24.9 Å². The highest BCUT2D eigenvalue weighted by Crippen LogP contribution is 2.12. The first kappa shape index (κ1) is 12.9. The van der Waals surface area contributed by atoms with Gasteiger partial charge in [0.25, 0.3) is 11.3 Å². The molecule has 0 spiro atoms. The molecule has 0 saturated carbocycles. The van der Waals surface area contributed by atoms with E-state index in [1.165, 1.54) is 6.07 Å². The van der Waals surface area contributed by atoms with Crippen molar-refractivity contribution in [3.05, 3.63) is 42.9 Å². The first-order valence-electron chi connectivity index (χ1n) is 5.12. The van der Waals surface area contributed by atoms with Crippen molar-refractivity contribution in [2.45, 2.75) is 12.8 Å². The summed E-state index contributed by atoms with van der Waals surface area (Å²) in [7, 11) is 0. The lowest BCUT2D eigenvalue weighted by Gasteiger charge is -2.04. The minimum absolute atomic E-state index is 0.0292. The van der Waals surface area contributed by atoms with E-state index in [-0.39, 0.29) is 10.1 Å². The van der Waals surface area contributed by atoms with Crippen LogP contribution < -0.4 is 16.9 Å². The summed E-state index contributed by atoms with van der Waals surface area (Å²) in [6.07, 6.45) is 1.26. The summed E-state index contributed by atoms with van der Waals surface area (Å²) >= 11 is 2.18. The lowest BCUT2D eigenvalue weighted by molar-refractivity contribution is 0.170. The second kappa shape index (κ2) is 4.96. The van der Waals surface area contributed by atoms with Crippen molar-refractivity contribution in [2.75, 3.05) is 4.43 Å². The molecule has 2 heterocycles. The van der Waals surface area contributed by atoms with Crippen LogP contribution in [0, 0.1) is 0 Å². The molecule has 0 unspecified atom stereocenters. The average molecular weight is 364 g/mol. The zero-order valence-electron chi connectivity index (χ0n) is 9.10. The number of hydrogen-bond acceptors (Lipinski definition) is 5. The largest absolute Gasteiger partial charge is 0.421 e. The van der Waals surface area contributed by atoms with Gasteiger partial charge in [0.1, 0.15) is 5.39 Å². The van der Waals surface area contributed by atoms with Gasteiger partial charge in [-0.1, -0.05) is 27.3 Å². The van der Waals surface area contributed by atoms with Crippen molar-refractivity contribution in [2.24, 2.45) is 0 Å². The molecule has 96 valence electrons. The van der Waals surface area contributed by atoms with Crippen molar-refractivity contribution >= 4 is 33.7 Å². The molecule has 0 amide bonds. The molecule has 2 rings (SSSR count). The van der Waals surface area contributed by atoms with Crippen LogP contribution >= 0.6 is 22.6 Å². The van der Waals surface area contributed by atoms with Gasteiger partial charge >= 0.3 is 11.3 Å². The Hall–Kier alpha value is -1.58. The highest BCUT2D eigenvalue weighted by Gasteiger charge is 2.14. The van der Waals surface area contributed by atoms with Crippen LogP contribution in [0.3, 0.4) is 0 Å². The van der Waals surface area contributed by atoms with Gasteiger partial charge in [-0.05, 0) is 22.8 Å². The van der Waals surface area contributed by atoms with Crippen molar-refractivity contribution in [1.29, 1.82) is 0 Å². The fraction of sp³-hybridized carbons (Fsp3) is 0.300. The summed E-state index contributed by atoms with van der Waals surface area (Å²) in [5.74, 6) is 0. The van der Waals surface area contributed by atoms with Gasteiger partial charge in [0.2, 0.25) is 0 Å². The van der Waals surface area contributed by atoms with Crippen LogP contribution in [0.1, 0.15) is 12.0 Å². The number of aryl methyl sites for hydroxylation is 1. The Morgan fingerprint density at radius 1 is 1.39 bits per heavy atom. The molecule has 2 aromatic heterocycles. The fourth-order valence-corrected chi connectivity index (χ4v) is 2.06. The van der Waals surface area contributed by atoms with Crippen molar-refractivity contribution < 1.29 is 9.62 Å². The van der Waals surface area contributed by atoms with Crippen LogP contribution in [-0.4, -0.2) is 19.3 Å². The summed E-state index contributed by atoms with van der Waals surface area (Å²) < 4.78 is 5.70. The SMILES string of the molecule is O=c1cc(CCCI)c2c(=O)[nH]c(=O)n(O)c2o1. The molecule has 0 saturated heterocycles. The van der Waals surface area contributed by atoms with Gasteiger partial charge in [0.15, 0.2) is 0 Å². The normalized spacial score (nSPS) is 10.9. The van der Waals surface area contributed by atoms with E-state index in [0.717, 1.165) is 10.8 Å². The maximum atomic E-state index is 11.7. The van der Waals surface area contributed by atoms with Crippen LogP contribution in [0.4, 0.5) is 0 Å². The van der Waals surface area contributed by atoms with Gasteiger partial charge in [0.05, 0.1) is 0 Å². The lowest BCUT2D eigenvalue weighted by Crippen LogP contribution is -2.30. The van der Waals surface area contributed by atoms with Crippen LogP contribution in [0.25, 0.3) is 11.1 Å². The van der Waals surface area contributed by atoms with E-state index in [0.29, 0.717) is 12.0 Å². The molecule has 7 nitrogen and oxygen atoms in total. The zero-order chi connectivity index (χ0) is 13.3. The first-order valence-corrected chi connectivity index (χ1v) is 6.64. The lowest BCUT2D eigenvalue weighted by atomic mass is 10.1. The van der Waals surface area contributed by atoms with Crippen LogP contribution in [0.5, 0.6) is 0 Å². The second-order valence-electron chi connectivity index (χ2n) is 3.63. The number of fused-ring (bicyclic) bond motifs is 1. The molecule has 0 aliphatic rings. The number of aromatic nitrogens is 2. The van der Waals surface area contributed by atoms with Crippen molar-refractivity contribution in [3.8, 4) is 0 Å². The molecule has 0 aliphatic carbocycles. The van der Waals surface area contributed by atoms with Gasteiger partial charge in [-0.2, -0.15) is 0 Å². The minimum Gasteiger partial charge on any atom is -0.421 e. The maximum Gasteiger partial charge on any atom is 0.364 e. The molecule has 0 fully saturated rings. The topological polar surface area (TPSA) is 105 Å². The van der Waals surface area contributed by atoms with E-state index in [1.54, 1.807) is 0 Å². The number of halogens is 1. The maximum absolute atomic E-state index is 11.7. The number of H-pyrrole nitrogens is 1. The highest BCUT2D eigenvalue weighted by atomic mass is 127. The molecule has 8 heteroatoms. The quantitative estimate of drug-likeness (QED) is 0.462. The second-order valence-corrected chi connectivity index (χ2v) is 4.71. The third-order valence-corrected chi connectivity index (χ3v) is 3.20. The molecule has 0 aliphatic heterocycles. The number of hydrogen-bond donors (Lipinski definition) is 2. The van der Waals surface area contributed by atoms with E-state index in [2.05, 4.69) is 22.6 Å². The molecule has 18 heavy (non-hydrogen) atoms. The Bertz CT molecular complexity index is 757. The highest BCUT2D eigenvalue weighted by molar-refractivity contribution is 14.1. The zero-order valence-corrected chi connectivity index (χ0v) is 11.3. The third-order valence-electron chi connectivity index (χ3n) is 2.44. The summed E-state index contributed by atoms with van der Waals surface area (Å²) in [4.78, 5) is 36.2. The van der Waals surface area contributed by atoms with Gasteiger partial charge < -0.3 is 9.62 Å². The molecule has 0 bridgehead atoms. The number of aromatic amines is 1. The summed E-state index contributed by atoms with van der Waals surface area (Å²) in [6, 6.07) is 1.20. The van der Waals surface area contributed by atoms with E-state index < -0.39 is 22.6 Å². The van der Waals surface area contributed by atoms with E-state index >= 15 is 0 Å².